The molecule has 2 saturated heterocycles. The second-order valence-corrected chi connectivity index (χ2v) is 6.33. The lowest BCUT2D eigenvalue weighted by molar-refractivity contribution is -0.0169. The quantitative estimate of drug-likeness (QED) is 0.854. The van der Waals surface area contributed by atoms with Gasteiger partial charge in [0.2, 0.25) is 0 Å². The lowest BCUT2D eigenvalue weighted by Gasteiger charge is -2.19. The van der Waals surface area contributed by atoms with Crippen LogP contribution in [0.4, 0.5) is 0 Å². The van der Waals surface area contributed by atoms with E-state index >= 15 is 0 Å². The minimum atomic E-state index is -1.03. The van der Waals surface area contributed by atoms with Crippen LogP contribution in [0.2, 0.25) is 0 Å². The van der Waals surface area contributed by atoms with Crippen LogP contribution >= 0.6 is 0 Å². The summed E-state index contributed by atoms with van der Waals surface area (Å²) < 4.78 is 17.0. The number of fused-ring (bicyclic) bond motifs is 1. The average Bonchev–Trinajstić information content (AvgIpc) is 3.10. The smallest absolute Gasteiger partial charge is 0.338 e. The molecular weight excluding hydrogens is 300 g/mol. The van der Waals surface area contributed by atoms with E-state index in [1.54, 1.807) is 0 Å². The lowest BCUT2D eigenvalue weighted by Crippen LogP contribution is -2.33. The van der Waals surface area contributed by atoms with Gasteiger partial charge in [-0.05, 0) is 30.2 Å². The number of carboxylic acids is 1. The molecule has 0 bridgehead atoms. The molecule has 4 atom stereocenters. The normalized spacial score (nSPS) is 29.5. The Balaban J connectivity index is 1.64. The first kappa shape index (κ1) is 16.0. The highest BCUT2D eigenvalue weighted by Gasteiger charge is 2.50. The number of aromatic carboxylic acids is 1. The van der Waals surface area contributed by atoms with Crippen LogP contribution in [0.25, 0.3) is 0 Å². The summed E-state index contributed by atoms with van der Waals surface area (Å²) in [6.45, 7) is 5.21. The first-order valence-corrected chi connectivity index (χ1v) is 7.75. The number of hydrogen-bond acceptors (Lipinski definition) is 5. The Morgan fingerprint density at radius 2 is 1.70 bits per heavy atom. The molecule has 0 spiro atoms. The number of benzene rings is 1. The third-order valence-electron chi connectivity index (χ3n) is 4.53. The van der Waals surface area contributed by atoms with Crippen LogP contribution in [-0.2, 0) is 14.2 Å². The van der Waals surface area contributed by atoms with E-state index in [2.05, 4.69) is 13.8 Å². The molecule has 2 aliphatic heterocycles. The topological polar surface area (TPSA) is 82.1 Å². The predicted molar refractivity (Wildman–Crippen MR) is 80.4 cm³/mol. The van der Waals surface area contributed by atoms with Gasteiger partial charge in [-0.3, -0.25) is 0 Å². The first-order valence-electron chi connectivity index (χ1n) is 7.75. The molecule has 0 aliphatic carbocycles. The number of carbonyl (C=O) groups is 2. The fourth-order valence-corrected chi connectivity index (χ4v) is 3.12. The zero-order chi connectivity index (χ0) is 16.6. The Hall–Kier alpha value is -1.92. The van der Waals surface area contributed by atoms with Crippen molar-refractivity contribution in [2.45, 2.75) is 32.2 Å². The summed E-state index contributed by atoms with van der Waals surface area (Å²) in [6, 6.07) is 5.67. The molecule has 0 saturated carbocycles. The van der Waals surface area contributed by atoms with E-state index in [-0.39, 0.29) is 17.8 Å². The molecule has 23 heavy (non-hydrogen) atoms. The lowest BCUT2D eigenvalue weighted by atomic mass is 9.90. The Bertz CT molecular complexity index is 594. The van der Waals surface area contributed by atoms with Gasteiger partial charge in [0.05, 0.1) is 30.4 Å². The summed E-state index contributed by atoms with van der Waals surface area (Å²) in [7, 11) is 0. The molecule has 1 aromatic rings. The number of carbonyl (C=O) groups excluding carboxylic acids is 1. The monoisotopic (exact) mass is 320 g/mol. The van der Waals surface area contributed by atoms with Crippen molar-refractivity contribution in [1.82, 2.24) is 0 Å². The largest absolute Gasteiger partial charge is 0.478 e. The molecule has 2 aliphatic rings. The molecule has 2 heterocycles. The maximum absolute atomic E-state index is 12.2. The summed E-state index contributed by atoms with van der Waals surface area (Å²) in [5.41, 5.74) is 0.446. The first-order chi connectivity index (χ1) is 11.0. The molecule has 1 aromatic carbocycles. The van der Waals surface area contributed by atoms with E-state index < -0.39 is 18.0 Å². The summed E-state index contributed by atoms with van der Waals surface area (Å²) >= 11 is 0. The van der Waals surface area contributed by atoms with Crippen molar-refractivity contribution >= 4 is 11.9 Å². The highest BCUT2D eigenvalue weighted by atomic mass is 16.6. The Kier molecular flexibility index (Phi) is 4.37. The molecule has 4 unspecified atom stereocenters. The van der Waals surface area contributed by atoms with E-state index in [0.717, 1.165) is 0 Å². The number of esters is 1. The predicted octanol–water partition coefficient (Wildman–Crippen LogP) is 1.98. The van der Waals surface area contributed by atoms with Gasteiger partial charge in [0.25, 0.3) is 0 Å². The van der Waals surface area contributed by atoms with Crippen molar-refractivity contribution in [3.63, 3.8) is 0 Å². The van der Waals surface area contributed by atoms with Gasteiger partial charge in [0.1, 0.15) is 6.10 Å². The number of hydrogen-bond donors (Lipinski definition) is 1. The van der Waals surface area contributed by atoms with Gasteiger partial charge in [0, 0.05) is 5.92 Å². The molecule has 6 heteroatoms. The Labute approximate surface area is 134 Å². The van der Waals surface area contributed by atoms with Crippen molar-refractivity contribution in [3.8, 4) is 0 Å². The maximum atomic E-state index is 12.2. The van der Waals surface area contributed by atoms with E-state index in [4.69, 9.17) is 19.3 Å². The fourth-order valence-electron chi connectivity index (χ4n) is 3.12. The summed E-state index contributed by atoms with van der Waals surface area (Å²) in [6.07, 6.45) is -0.665. The second kappa shape index (κ2) is 6.29. The summed E-state index contributed by atoms with van der Waals surface area (Å²) in [5.74, 6) is -0.759. The van der Waals surface area contributed by atoms with Gasteiger partial charge in [-0.1, -0.05) is 13.8 Å². The summed E-state index contributed by atoms with van der Waals surface area (Å²) in [5, 5.41) is 8.87. The van der Waals surface area contributed by atoms with E-state index in [9.17, 15) is 9.59 Å². The van der Waals surface area contributed by atoms with Gasteiger partial charge in [-0.25, -0.2) is 9.59 Å². The highest BCUT2D eigenvalue weighted by molar-refractivity contribution is 5.92. The SMILES string of the molecule is CC(C)C1COC2C(OC(=O)c3ccc(C(=O)O)cc3)COC12. The standard InChI is InChI=1S/C17H20O6/c1-9(2)12-7-21-15-13(8-22-14(12)15)23-17(20)11-5-3-10(4-6-11)16(18)19/h3-6,9,12-15H,7-8H2,1-2H3,(H,18,19). The minimum Gasteiger partial charge on any atom is -0.478 e. The van der Waals surface area contributed by atoms with Crippen molar-refractivity contribution in [2.24, 2.45) is 11.8 Å². The maximum Gasteiger partial charge on any atom is 0.338 e. The zero-order valence-corrected chi connectivity index (χ0v) is 13.1. The van der Waals surface area contributed by atoms with Gasteiger partial charge >= 0.3 is 11.9 Å². The van der Waals surface area contributed by atoms with Crippen molar-refractivity contribution < 1.29 is 28.9 Å². The van der Waals surface area contributed by atoms with Gasteiger partial charge < -0.3 is 19.3 Å². The van der Waals surface area contributed by atoms with E-state index in [1.807, 2.05) is 0 Å². The molecule has 3 rings (SSSR count). The third kappa shape index (κ3) is 3.09. The van der Waals surface area contributed by atoms with Crippen LogP contribution < -0.4 is 0 Å². The molecular formula is C17H20O6. The Morgan fingerprint density at radius 1 is 1.09 bits per heavy atom. The van der Waals surface area contributed by atoms with Crippen LogP contribution in [0.1, 0.15) is 34.6 Å². The number of ether oxygens (including phenoxy) is 3. The van der Waals surface area contributed by atoms with Crippen LogP contribution in [-0.4, -0.2) is 48.6 Å². The van der Waals surface area contributed by atoms with Gasteiger partial charge in [-0.15, -0.1) is 0 Å². The van der Waals surface area contributed by atoms with Crippen LogP contribution in [0.5, 0.6) is 0 Å². The van der Waals surface area contributed by atoms with Gasteiger partial charge in [0.15, 0.2) is 6.10 Å². The van der Waals surface area contributed by atoms with E-state index in [0.29, 0.717) is 30.6 Å². The van der Waals surface area contributed by atoms with Crippen molar-refractivity contribution in [2.75, 3.05) is 13.2 Å². The molecule has 1 N–H and O–H groups in total. The minimum absolute atomic E-state index is 0.0258. The van der Waals surface area contributed by atoms with Crippen LogP contribution in [0, 0.1) is 11.8 Å². The fraction of sp³-hybridized carbons (Fsp3) is 0.529. The Morgan fingerprint density at radius 3 is 2.30 bits per heavy atom. The highest BCUT2D eigenvalue weighted by Crippen LogP contribution is 2.36. The second-order valence-electron chi connectivity index (χ2n) is 6.33. The van der Waals surface area contributed by atoms with Gasteiger partial charge in [-0.2, -0.15) is 0 Å². The number of carboxylic acid groups (broad SMARTS) is 1. The molecule has 2 fully saturated rings. The van der Waals surface area contributed by atoms with Crippen molar-refractivity contribution in [1.29, 1.82) is 0 Å². The molecule has 0 amide bonds. The van der Waals surface area contributed by atoms with Crippen LogP contribution in [0.15, 0.2) is 24.3 Å². The summed E-state index contributed by atoms with van der Waals surface area (Å²) in [4.78, 5) is 23.0. The van der Waals surface area contributed by atoms with Crippen LogP contribution in [0.3, 0.4) is 0 Å². The van der Waals surface area contributed by atoms with E-state index in [1.165, 1.54) is 24.3 Å². The van der Waals surface area contributed by atoms with Crippen molar-refractivity contribution in [3.05, 3.63) is 35.4 Å². The molecule has 0 radical (unpaired) electrons. The molecule has 124 valence electrons. The zero-order valence-electron chi connectivity index (χ0n) is 13.1. The molecule has 6 nitrogen and oxygen atoms in total. The number of rotatable bonds is 4. The average molecular weight is 320 g/mol. The third-order valence-corrected chi connectivity index (χ3v) is 4.53. The molecule has 0 aromatic heterocycles.